The minimum absolute atomic E-state index is 0.861. The third-order valence-corrected chi connectivity index (χ3v) is 7.07. The van der Waals surface area contributed by atoms with Crippen LogP contribution in [0.3, 0.4) is 0 Å². The molecule has 2 aliphatic rings. The van der Waals surface area contributed by atoms with Gasteiger partial charge in [0.2, 0.25) is 0 Å². The highest BCUT2D eigenvalue weighted by atomic mass is 16.5. The second kappa shape index (κ2) is 12.3. The lowest BCUT2D eigenvalue weighted by atomic mass is 9.69. The lowest BCUT2D eigenvalue weighted by molar-refractivity contribution is 0.0925. The third-order valence-electron chi connectivity index (χ3n) is 7.07. The predicted molar refractivity (Wildman–Crippen MR) is 105 cm³/mol. The van der Waals surface area contributed by atoms with Gasteiger partial charge in [-0.15, -0.1) is 0 Å². The van der Waals surface area contributed by atoms with E-state index in [1.54, 1.807) is 25.7 Å². The molecule has 0 radical (unpaired) electrons. The lowest BCUT2D eigenvalue weighted by Gasteiger charge is -2.37. The molecule has 2 aliphatic carbocycles. The van der Waals surface area contributed by atoms with E-state index in [1.165, 1.54) is 77.0 Å². The molecule has 0 saturated heterocycles. The van der Waals surface area contributed by atoms with Gasteiger partial charge in [-0.3, -0.25) is 0 Å². The first-order valence-electron chi connectivity index (χ1n) is 11.3. The van der Waals surface area contributed by atoms with Crippen LogP contribution in [0.1, 0.15) is 110 Å². The zero-order chi connectivity index (χ0) is 17.0. The van der Waals surface area contributed by atoms with E-state index in [1.807, 2.05) is 7.11 Å². The van der Waals surface area contributed by atoms with E-state index in [0.29, 0.717) is 0 Å². The molecule has 2 saturated carbocycles. The summed E-state index contributed by atoms with van der Waals surface area (Å²) in [6.45, 7) is 3.31. The van der Waals surface area contributed by atoms with E-state index >= 15 is 0 Å². The van der Waals surface area contributed by atoms with Gasteiger partial charge in [-0.05, 0) is 62.2 Å². The molecule has 1 nitrogen and oxygen atoms in total. The van der Waals surface area contributed by atoms with Crippen molar-refractivity contribution in [2.75, 3.05) is 13.7 Å². The maximum Gasteiger partial charge on any atom is 0.0490 e. The van der Waals surface area contributed by atoms with Crippen LogP contribution in [0.5, 0.6) is 0 Å². The fourth-order valence-electron chi connectivity index (χ4n) is 5.40. The minimum atomic E-state index is 0.861. The molecule has 0 heterocycles. The molecule has 1 heteroatoms. The maximum atomic E-state index is 5.35. The van der Waals surface area contributed by atoms with Crippen LogP contribution in [-0.4, -0.2) is 13.7 Å². The molecule has 0 atom stereocenters. The largest absolute Gasteiger partial charge is 0.384 e. The topological polar surface area (TPSA) is 9.23 Å². The highest BCUT2D eigenvalue weighted by molar-refractivity contribution is 4.82. The normalized spacial score (nSPS) is 31.2. The summed E-state index contributed by atoms with van der Waals surface area (Å²) < 4.78 is 5.35. The number of hydrogen-bond acceptors (Lipinski definition) is 1. The van der Waals surface area contributed by atoms with Crippen LogP contribution in [0.2, 0.25) is 0 Å². The van der Waals surface area contributed by atoms with E-state index in [-0.39, 0.29) is 0 Å². The standard InChI is InChI=1S/C23H44O/c1-3-4-5-6-7-8-9-10-20-11-15-22(16-12-20)23-17-13-21(14-18-23)19-24-2/h20-23H,3-19H2,1-2H3/t20-,21-,22-,23-. The summed E-state index contributed by atoms with van der Waals surface area (Å²) in [5.41, 5.74) is 0. The summed E-state index contributed by atoms with van der Waals surface area (Å²) in [5, 5.41) is 0. The molecule has 0 unspecified atom stereocenters. The zero-order valence-corrected chi connectivity index (χ0v) is 16.7. The molecule has 0 spiro atoms. The maximum absolute atomic E-state index is 5.35. The minimum Gasteiger partial charge on any atom is -0.384 e. The van der Waals surface area contributed by atoms with Gasteiger partial charge in [0.15, 0.2) is 0 Å². The third kappa shape index (κ3) is 7.46. The number of methoxy groups -OCH3 is 1. The summed E-state index contributed by atoms with van der Waals surface area (Å²) in [7, 11) is 1.86. The summed E-state index contributed by atoms with van der Waals surface area (Å²) in [5.74, 6) is 4.05. The fourth-order valence-corrected chi connectivity index (χ4v) is 5.40. The van der Waals surface area contributed by atoms with Crippen molar-refractivity contribution in [1.29, 1.82) is 0 Å². The first-order chi connectivity index (χ1) is 11.8. The Labute approximate surface area is 152 Å². The fraction of sp³-hybridized carbons (Fsp3) is 1.00. The number of unbranched alkanes of at least 4 members (excludes halogenated alkanes) is 6. The molecule has 0 N–H and O–H groups in total. The molecule has 0 amide bonds. The van der Waals surface area contributed by atoms with E-state index in [4.69, 9.17) is 4.74 Å². The SMILES string of the molecule is CCCCCCCCC[C@H]1CC[C@H]([C@H]2CC[C@H](COC)CC2)CC1. The van der Waals surface area contributed by atoms with Crippen molar-refractivity contribution in [2.45, 2.75) is 110 Å². The van der Waals surface area contributed by atoms with Gasteiger partial charge < -0.3 is 4.74 Å². The van der Waals surface area contributed by atoms with E-state index in [0.717, 1.165) is 30.3 Å². The van der Waals surface area contributed by atoms with Gasteiger partial charge in [-0.1, -0.05) is 71.1 Å². The van der Waals surface area contributed by atoms with E-state index in [2.05, 4.69) is 6.92 Å². The first kappa shape index (κ1) is 20.3. The van der Waals surface area contributed by atoms with Crippen LogP contribution >= 0.6 is 0 Å². The molecule has 2 rings (SSSR count). The van der Waals surface area contributed by atoms with Crippen LogP contribution in [-0.2, 0) is 4.74 Å². The Bertz CT molecular complexity index is 284. The van der Waals surface area contributed by atoms with Crippen molar-refractivity contribution in [1.82, 2.24) is 0 Å². The average molecular weight is 337 g/mol. The van der Waals surface area contributed by atoms with Crippen LogP contribution < -0.4 is 0 Å². The van der Waals surface area contributed by atoms with Crippen molar-refractivity contribution in [3.63, 3.8) is 0 Å². The molecule has 24 heavy (non-hydrogen) atoms. The molecule has 0 aliphatic heterocycles. The van der Waals surface area contributed by atoms with Gasteiger partial charge in [-0.25, -0.2) is 0 Å². The summed E-state index contributed by atoms with van der Waals surface area (Å²) in [6.07, 6.45) is 23.8. The zero-order valence-electron chi connectivity index (χ0n) is 16.7. The second-order valence-corrected chi connectivity index (χ2v) is 8.93. The molecule has 0 aromatic heterocycles. The van der Waals surface area contributed by atoms with Gasteiger partial charge in [0.05, 0.1) is 0 Å². The molecular weight excluding hydrogens is 292 g/mol. The van der Waals surface area contributed by atoms with Gasteiger partial charge in [0.25, 0.3) is 0 Å². The van der Waals surface area contributed by atoms with Crippen LogP contribution in [0.4, 0.5) is 0 Å². The highest BCUT2D eigenvalue weighted by Crippen LogP contribution is 2.42. The van der Waals surface area contributed by atoms with Crippen molar-refractivity contribution >= 4 is 0 Å². The molecule has 0 aromatic rings. The predicted octanol–water partition coefficient (Wildman–Crippen LogP) is 7.39. The summed E-state index contributed by atoms with van der Waals surface area (Å²) >= 11 is 0. The van der Waals surface area contributed by atoms with Crippen molar-refractivity contribution in [3.05, 3.63) is 0 Å². The number of ether oxygens (including phenoxy) is 1. The Kier molecular flexibility index (Phi) is 10.4. The monoisotopic (exact) mass is 336 g/mol. The Morgan fingerprint density at radius 2 is 1.12 bits per heavy atom. The molecule has 2 fully saturated rings. The molecule has 0 bridgehead atoms. The quantitative estimate of drug-likeness (QED) is 0.357. The summed E-state index contributed by atoms with van der Waals surface area (Å²) in [4.78, 5) is 0. The van der Waals surface area contributed by atoms with Gasteiger partial charge >= 0.3 is 0 Å². The lowest BCUT2D eigenvalue weighted by Crippen LogP contribution is -2.27. The Morgan fingerprint density at radius 1 is 0.625 bits per heavy atom. The highest BCUT2D eigenvalue weighted by Gasteiger charge is 2.30. The molecular formula is C23H44O. The van der Waals surface area contributed by atoms with Crippen molar-refractivity contribution < 1.29 is 4.74 Å². The van der Waals surface area contributed by atoms with Gasteiger partial charge in [0, 0.05) is 13.7 Å². The Hall–Kier alpha value is -0.0400. The molecule has 142 valence electrons. The summed E-state index contributed by atoms with van der Waals surface area (Å²) in [6, 6.07) is 0. The Morgan fingerprint density at radius 3 is 1.67 bits per heavy atom. The second-order valence-electron chi connectivity index (χ2n) is 8.93. The van der Waals surface area contributed by atoms with E-state index < -0.39 is 0 Å². The van der Waals surface area contributed by atoms with Gasteiger partial charge in [-0.2, -0.15) is 0 Å². The molecule has 0 aromatic carbocycles. The van der Waals surface area contributed by atoms with Crippen LogP contribution in [0.25, 0.3) is 0 Å². The smallest absolute Gasteiger partial charge is 0.0490 e. The van der Waals surface area contributed by atoms with E-state index in [9.17, 15) is 0 Å². The van der Waals surface area contributed by atoms with Crippen LogP contribution in [0.15, 0.2) is 0 Å². The van der Waals surface area contributed by atoms with Crippen LogP contribution in [0, 0.1) is 23.7 Å². The Balaban J connectivity index is 1.49. The van der Waals surface area contributed by atoms with Crippen molar-refractivity contribution in [3.8, 4) is 0 Å². The number of hydrogen-bond donors (Lipinski definition) is 0. The number of rotatable bonds is 11. The van der Waals surface area contributed by atoms with Crippen molar-refractivity contribution in [2.24, 2.45) is 23.7 Å². The van der Waals surface area contributed by atoms with Gasteiger partial charge in [0.1, 0.15) is 0 Å². The first-order valence-corrected chi connectivity index (χ1v) is 11.3. The average Bonchev–Trinajstić information content (AvgIpc) is 2.62.